The van der Waals surface area contributed by atoms with Crippen molar-refractivity contribution in [3.63, 3.8) is 0 Å². The Bertz CT molecular complexity index is 235. The summed E-state index contributed by atoms with van der Waals surface area (Å²) in [7, 11) is 1.80. The van der Waals surface area contributed by atoms with Crippen molar-refractivity contribution in [3.05, 3.63) is 11.6 Å². The molecule has 1 aliphatic rings. The largest absolute Gasteiger partial charge is 0.478 e. The maximum atomic E-state index is 10.5. The van der Waals surface area contributed by atoms with Crippen LogP contribution in [0.3, 0.4) is 0 Å². The van der Waals surface area contributed by atoms with Gasteiger partial charge in [-0.3, -0.25) is 0 Å². The standard InChI is InChI=1S/C7H9NO2S/c1-8-4-2-3-5(6(8)11)7(9)10/h3H,2,4H2,1H3,(H,9,10). The van der Waals surface area contributed by atoms with E-state index >= 15 is 0 Å². The zero-order valence-corrected chi connectivity index (χ0v) is 7.02. The fourth-order valence-electron chi connectivity index (χ4n) is 0.976. The molecule has 11 heavy (non-hydrogen) atoms. The molecule has 0 bridgehead atoms. The predicted molar refractivity (Wildman–Crippen MR) is 45.6 cm³/mol. The molecule has 0 aromatic rings. The van der Waals surface area contributed by atoms with Crippen LogP contribution in [0, 0.1) is 0 Å². The Labute approximate surface area is 70.3 Å². The van der Waals surface area contributed by atoms with Gasteiger partial charge in [0.05, 0.1) is 5.57 Å². The lowest BCUT2D eigenvalue weighted by atomic mass is 10.1. The summed E-state index contributed by atoms with van der Waals surface area (Å²) < 4.78 is 0. The number of aliphatic carboxylic acids is 1. The summed E-state index contributed by atoms with van der Waals surface area (Å²) in [5.41, 5.74) is 0.258. The summed E-state index contributed by atoms with van der Waals surface area (Å²) in [4.78, 5) is 12.7. The maximum Gasteiger partial charge on any atom is 0.338 e. The van der Waals surface area contributed by atoms with Crippen LogP contribution in [0.4, 0.5) is 0 Å². The van der Waals surface area contributed by atoms with Crippen molar-refractivity contribution >= 4 is 23.2 Å². The van der Waals surface area contributed by atoms with E-state index in [-0.39, 0.29) is 5.57 Å². The average molecular weight is 171 g/mol. The second-order valence-electron chi connectivity index (χ2n) is 2.44. The highest BCUT2D eigenvalue weighted by Crippen LogP contribution is 2.10. The van der Waals surface area contributed by atoms with Gasteiger partial charge in [0.2, 0.25) is 0 Å². The fraction of sp³-hybridized carbons (Fsp3) is 0.429. The van der Waals surface area contributed by atoms with Gasteiger partial charge in [0.15, 0.2) is 0 Å². The molecule has 1 N–H and O–H groups in total. The second kappa shape index (κ2) is 3.00. The lowest BCUT2D eigenvalue weighted by Crippen LogP contribution is -2.33. The highest BCUT2D eigenvalue weighted by atomic mass is 32.1. The first-order valence-corrected chi connectivity index (χ1v) is 3.72. The monoisotopic (exact) mass is 171 g/mol. The predicted octanol–water partition coefficient (Wildman–Crippen LogP) is 0.660. The Balaban J connectivity index is 2.87. The van der Waals surface area contributed by atoms with E-state index in [1.54, 1.807) is 18.0 Å². The highest BCUT2D eigenvalue weighted by molar-refractivity contribution is 7.80. The van der Waals surface area contributed by atoms with E-state index in [0.29, 0.717) is 4.99 Å². The quantitative estimate of drug-likeness (QED) is 0.588. The molecule has 0 spiro atoms. The molecular formula is C7H9NO2S. The molecule has 1 aliphatic heterocycles. The number of likely N-dealkylation sites (N-methyl/N-ethyl adjacent to an activating group) is 1. The van der Waals surface area contributed by atoms with Crippen LogP contribution in [-0.4, -0.2) is 34.6 Å². The number of carbonyl (C=O) groups is 1. The number of carboxylic acids is 1. The van der Waals surface area contributed by atoms with Crippen molar-refractivity contribution in [2.75, 3.05) is 13.6 Å². The van der Waals surface area contributed by atoms with Gasteiger partial charge in [0, 0.05) is 13.6 Å². The van der Waals surface area contributed by atoms with E-state index < -0.39 is 5.97 Å². The number of nitrogens with zero attached hydrogens (tertiary/aromatic N) is 1. The topological polar surface area (TPSA) is 40.5 Å². The molecule has 0 radical (unpaired) electrons. The number of rotatable bonds is 1. The molecular weight excluding hydrogens is 162 g/mol. The Morgan fingerprint density at radius 3 is 2.91 bits per heavy atom. The van der Waals surface area contributed by atoms with Gasteiger partial charge in [-0.1, -0.05) is 18.3 Å². The van der Waals surface area contributed by atoms with E-state index in [1.807, 2.05) is 0 Å². The first-order chi connectivity index (χ1) is 5.13. The number of carboxylic acid groups (broad SMARTS) is 1. The van der Waals surface area contributed by atoms with Crippen LogP contribution < -0.4 is 0 Å². The van der Waals surface area contributed by atoms with Crippen LogP contribution in [0.15, 0.2) is 11.6 Å². The van der Waals surface area contributed by atoms with Crippen LogP contribution in [0.5, 0.6) is 0 Å². The Morgan fingerprint density at radius 1 is 1.82 bits per heavy atom. The van der Waals surface area contributed by atoms with Gasteiger partial charge < -0.3 is 10.0 Å². The van der Waals surface area contributed by atoms with E-state index in [0.717, 1.165) is 13.0 Å². The van der Waals surface area contributed by atoms with Gasteiger partial charge in [-0.25, -0.2) is 4.79 Å². The molecule has 0 unspecified atom stereocenters. The van der Waals surface area contributed by atoms with Gasteiger partial charge in [-0.05, 0) is 6.42 Å². The highest BCUT2D eigenvalue weighted by Gasteiger charge is 2.19. The molecule has 4 heteroatoms. The minimum absolute atomic E-state index is 0.258. The van der Waals surface area contributed by atoms with Crippen LogP contribution in [0.25, 0.3) is 0 Å². The lowest BCUT2D eigenvalue weighted by Gasteiger charge is -2.23. The summed E-state index contributed by atoms with van der Waals surface area (Å²) in [5, 5.41) is 8.64. The average Bonchev–Trinajstić information content (AvgIpc) is 1.94. The summed E-state index contributed by atoms with van der Waals surface area (Å²) in [6.45, 7) is 0.815. The van der Waals surface area contributed by atoms with Crippen LogP contribution in [-0.2, 0) is 4.79 Å². The number of thiocarbonyl (C=S) groups is 1. The SMILES string of the molecule is CN1CCC=C(C(=O)O)C1=S. The molecule has 0 aliphatic carbocycles. The van der Waals surface area contributed by atoms with Crippen LogP contribution in [0.2, 0.25) is 0 Å². The van der Waals surface area contributed by atoms with Crippen molar-refractivity contribution in [3.8, 4) is 0 Å². The zero-order valence-electron chi connectivity index (χ0n) is 6.20. The summed E-state index contributed by atoms with van der Waals surface area (Å²) >= 11 is 4.90. The van der Waals surface area contributed by atoms with E-state index in [9.17, 15) is 4.79 Å². The third kappa shape index (κ3) is 1.57. The van der Waals surface area contributed by atoms with Crippen molar-refractivity contribution in [2.45, 2.75) is 6.42 Å². The third-order valence-electron chi connectivity index (χ3n) is 1.62. The van der Waals surface area contributed by atoms with Crippen LogP contribution >= 0.6 is 12.2 Å². The molecule has 1 heterocycles. The minimum Gasteiger partial charge on any atom is -0.478 e. The normalized spacial score (nSPS) is 18.1. The van der Waals surface area contributed by atoms with Crippen molar-refractivity contribution in [2.24, 2.45) is 0 Å². The van der Waals surface area contributed by atoms with Gasteiger partial charge in [-0.2, -0.15) is 0 Å². The van der Waals surface area contributed by atoms with Gasteiger partial charge >= 0.3 is 5.97 Å². The van der Waals surface area contributed by atoms with Crippen molar-refractivity contribution in [1.82, 2.24) is 4.90 Å². The van der Waals surface area contributed by atoms with E-state index in [2.05, 4.69) is 0 Å². The first kappa shape index (κ1) is 8.20. The van der Waals surface area contributed by atoms with E-state index in [1.165, 1.54) is 0 Å². The Hall–Kier alpha value is -0.900. The first-order valence-electron chi connectivity index (χ1n) is 3.32. The van der Waals surface area contributed by atoms with Gasteiger partial charge in [0.1, 0.15) is 4.99 Å². The van der Waals surface area contributed by atoms with Gasteiger partial charge in [-0.15, -0.1) is 0 Å². The third-order valence-corrected chi connectivity index (χ3v) is 2.15. The zero-order chi connectivity index (χ0) is 8.43. The minimum atomic E-state index is -0.929. The summed E-state index contributed by atoms with van der Waals surface area (Å²) in [5.74, 6) is -0.929. The number of hydrogen-bond acceptors (Lipinski definition) is 2. The molecule has 3 nitrogen and oxygen atoms in total. The maximum absolute atomic E-state index is 10.5. The number of hydrogen-bond donors (Lipinski definition) is 1. The fourth-order valence-corrected chi connectivity index (χ4v) is 1.24. The Kier molecular flexibility index (Phi) is 2.24. The van der Waals surface area contributed by atoms with Crippen LogP contribution in [0.1, 0.15) is 6.42 Å². The smallest absolute Gasteiger partial charge is 0.338 e. The molecule has 0 atom stereocenters. The van der Waals surface area contributed by atoms with E-state index in [4.69, 9.17) is 17.3 Å². The molecule has 0 fully saturated rings. The molecule has 0 saturated carbocycles. The van der Waals surface area contributed by atoms with Gasteiger partial charge in [0.25, 0.3) is 0 Å². The Morgan fingerprint density at radius 2 is 2.45 bits per heavy atom. The molecule has 1 rings (SSSR count). The molecule has 60 valence electrons. The molecule has 0 aromatic carbocycles. The lowest BCUT2D eigenvalue weighted by molar-refractivity contribution is -0.132. The summed E-state index contributed by atoms with van der Waals surface area (Å²) in [6.07, 6.45) is 2.43. The van der Waals surface area contributed by atoms with Crippen molar-refractivity contribution < 1.29 is 9.90 Å². The summed E-state index contributed by atoms with van der Waals surface area (Å²) in [6, 6.07) is 0. The molecule has 0 aromatic heterocycles. The molecule has 0 amide bonds. The van der Waals surface area contributed by atoms with Crippen molar-refractivity contribution in [1.29, 1.82) is 0 Å². The second-order valence-corrected chi connectivity index (χ2v) is 2.83. The molecule has 0 saturated heterocycles.